The maximum Gasteiger partial charge on any atom is 0.251 e. The van der Waals surface area contributed by atoms with Crippen LogP contribution < -0.4 is 25.8 Å². The molecule has 9 heteroatoms. The molecule has 0 aliphatic carbocycles. The molecule has 3 rings (SSSR count). The number of carbonyl (C=O) groups excluding carboxylic acids is 3. The van der Waals surface area contributed by atoms with Crippen LogP contribution in [0.5, 0.6) is 11.5 Å². The van der Waals surface area contributed by atoms with Gasteiger partial charge in [0.1, 0.15) is 0 Å². The highest BCUT2D eigenvalue weighted by molar-refractivity contribution is 5.97. The fourth-order valence-corrected chi connectivity index (χ4v) is 3.38. The summed E-state index contributed by atoms with van der Waals surface area (Å²) in [7, 11) is 0. The number of likely N-dealkylation sites (tertiary alicyclic amines) is 1. The van der Waals surface area contributed by atoms with Gasteiger partial charge in [-0.1, -0.05) is 0 Å². The number of amides is 3. The zero-order valence-corrected chi connectivity index (χ0v) is 15.7. The monoisotopic (exact) mass is 390 g/mol. The second-order valence-electron chi connectivity index (χ2n) is 7.00. The number of fused-ring (bicyclic) bond motifs is 1. The number of benzene rings is 1. The van der Waals surface area contributed by atoms with Crippen LogP contribution in [0.15, 0.2) is 18.2 Å². The predicted molar refractivity (Wildman–Crippen MR) is 101 cm³/mol. The van der Waals surface area contributed by atoms with Gasteiger partial charge >= 0.3 is 0 Å². The van der Waals surface area contributed by atoms with Gasteiger partial charge < -0.3 is 30.7 Å². The Morgan fingerprint density at radius 3 is 2.82 bits per heavy atom. The number of nitrogens with two attached hydrogens (primary N) is 1. The third-order valence-electron chi connectivity index (χ3n) is 4.93. The molecule has 9 nitrogen and oxygen atoms in total. The Kier molecular flexibility index (Phi) is 6.70. The Morgan fingerprint density at radius 1 is 1.18 bits per heavy atom. The molecule has 1 unspecified atom stereocenters. The van der Waals surface area contributed by atoms with Gasteiger partial charge in [0.2, 0.25) is 18.6 Å². The predicted octanol–water partition coefficient (Wildman–Crippen LogP) is -0.151. The number of nitrogens with zero attached hydrogens (tertiary/aromatic N) is 1. The minimum Gasteiger partial charge on any atom is -0.454 e. The largest absolute Gasteiger partial charge is 0.454 e. The summed E-state index contributed by atoms with van der Waals surface area (Å²) < 4.78 is 10.4. The molecule has 4 N–H and O–H groups in total. The van der Waals surface area contributed by atoms with E-state index in [2.05, 4.69) is 15.5 Å². The van der Waals surface area contributed by atoms with Crippen LogP contribution in [0.3, 0.4) is 0 Å². The molecule has 1 atom stereocenters. The quantitative estimate of drug-likeness (QED) is 0.531. The summed E-state index contributed by atoms with van der Waals surface area (Å²) in [4.78, 5) is 37.5. The fourth-order valence-electron chi connectivity index (χ4n) is 3.38. The van der Waals surface area contributed by atoms with Gasteiger partial charge in [0.05, 0.1) is 12.5 Å². The number of rotatable bonds is 8. The van der Waals surface area contributed by atoms with Gasteiger partial charge in [0.25, 0.3) is 5.91 Å². The van der Waals surface area contributed by atoms with Crippen LogP contribution in [-0.4, -0.2) is 62.1 Å². The second kappa shape index (κ2) is 9.41. The van der Waals surface area contributed by atoms with Crippen LogP contribution in [0.4, 0.5) is 0 Å². The maximum atomic E-state index is 12.1. The van der Waals surface area contributed by atoms with E-state index >= 15 is 0 Å². The van der Waals surface area contributed by atoms with Crippen molar-refractivity contribution in [3.05, 3.63) is 23.8 Å². The van der Waals surface area contributed by atoms with E-state index in [0.717, 1.165) is 32.4 Å². The molecule has 2 aliphatic heterocycles. The average Bonchev–Trinajstić information content (AvgIpc) is 3.17. The van der Waals surface area contributed by atoms with Crippen LogP contribution >= 0.6 is 0 Å². The van der Waals surface area contributed by atoms with Gasteiger partial charge in [-0.2, -0.15) is 0 Å². The first-order valence-corrected chi connectivity index (χ1v) is 9.49. The smallest absolute Gasteiger partial charge is 0.251 e. The zero-order valence-electron chi connectivity index (χ0n) is 15.7. The lowest BCUT2D eigenvalue weighted by atomic mass is 9.97. The molecule has 28 heavy (non-hydrogen) atoms. The Hall–Kier alpha value is -2.81. The maximum absolute atomic E-state index is 12.1. The minimum atomic E-state index is -0.348. The lowest BCUT2D eigenvalue weighted by molar-refractivity contribution is -0.123. The van der Waals surface area contributed by atoms with E-state index in [4.69, 9.17) is 15.2 Å². The van der Waals surface area contributed by atoms with E-state index in [9.17, 15) is 14.4 Å². The molecule has 1 saturated heterocycles. The number of hydrogen-bond donors (Lipinski definition) is 3. The number of hydrogen-bond acceptors (Lipinski definition) is 6. The lowest BCUT2D eigenvalue weighted by Crippen LogP contribution is -2.42. The molecule has 2 aliphatic rings. The van der Waals surface area contributed by atoms with Crippen LogP contribution in [0.1, 0.15) is 29.6 Å². The number of primary amides is 1. The molecule has 1 fully saturated rings. The van der Waals surface area contributed by atoms with Gasteiger partial charge in [0.15, 0.2) is 11.5 Å². The second-order valence-corrected chi connectivity index (χ2v) is 7.00. The molecular formula is C19H26N4O5. The van der Waals surface area contributed by atoms with Crippen molar-refractivity contribution in [2.75, 3.05) is 39.5 Å². The van der Waals surface area contributed by atoms with Crippen molar-refractivity contribution in [3.8, 4) is 11.5 Å². The highest BCUT2D eigenvalue weighted by Gasteiger charge is 2.23. The molecule has 0 saturated carbocycles. The number of carbonyl (C=O) groups is 3. The van der Waals surface area contributed by atoms with Crippen molar-refractivity contribution in [2.45, 2.75) is 19.3 Å². The Morgan fingerprint density at radius 2 is 2.00 bits per heavy atom. The fraction of sp³-hybridized carbons (Fsp3) is 0.526. The van der Waals surface area contributed by atoms with Gasteiger partial charge in [-0.15, -0.1) is 0 Å². The highest BCUT2D eigenvalue weighted by Crippen LogP contribution is 2.32. The van der Waals surface area contributed by atoms with Crippen LogP contribution in [0, 0.1) is 5.92 Å². The van der Waals surface area contributed by atoms with Crippen molar-refractivity contribution >= 4 is 17.7 Å². The van der Waals surface area contributed by atoms with Crippen molar-refractivity contribution < 1.29 is 23.9 Å². The summed E-state index contributed by atoms with van der Waals surface area (Å²) in [6, 6.07) is 4.88. The lowest BCUT2D eigenvalue weighted by Gasteiger charge is -2.31. The standard InChI is InChI=1S/C19H26N4O5/c20-18(25)14-3-1-7-23(11-14)8-2-6-21-17(24)10-22-19(26)13-4-5-15-16(9-13)28-12-27-15/h4-5,9,14H,1-3,6-8,10-12H2,(H2,20,25)(H,21,24)(H,22,26). The normalized spacial score (nSPS) is 18.5. The topological polar surface area (TPSA) is 123 Å². The van der Waals surface area contributed by atoms with E-state index in [1.165, 1.54) is 0 Å². The van der Waals surface area contributed by atoms with E-state index in [0.29, 0.717) is 30.2 Å². The Bertz CT molecular complexity index is 739. The Labute approximate surface area is 163 Å². The van der Waals surface area contributed by atoms with Crippen LogP contribution in [0.25, 0.3) is 0 Å². The van der Waals surface area contributed by atoms with Gasteiger partial charge in [-0.25, -0.2) is 0 Å². The molecular weight excluding hydrogens is 364 g/mol. The zero-order chi connectivity index (χ0) is 19.9. The molecule has 0 radical (unpaired) electrons. The summed E-state index contributed by atoms with van der Waals surface area (Å²) in [5.74, 6) is 0.214. The minimum absolute atomic E-state index is 0.0743. The number of nitrogens with one attached hydrogen (secondary N) is 2. The van der Waals surface area contributed by atoms with Crippen molar-refractivity contribution in [2.24, 2.45) is 11.7 Å². The summed E-state index contributed by atoms with van der Waals surface area (Å²) >= 11 is 0. The van der Waals surface area contributed by atoms with Crippen LogP contribution in [0.2, 0.25) is 0 Å². The molecule has 3 amide bonds. The summed E-state index contributed by atoms with van der Waals surface area (Å²) in [5, 5.41) is 5.38. The molecule has 1 aromatic carbocycles. The SMILES string of the molecule is NC(=O)C1CCCN(CCCNC(=O)CNC(=O)c2ccc3c(c2)OCO3)C1. The van der Waals surface area contributed by atoms with E-state index in [1.807, 2.05) is 0 Å². The molecule has 2 heterocycles. The Balaban J connectivity index is 1.31. The third kappa shape index (κ3) is 5.35. The van der Waals surface area contributed by atoms with Crippen molar-refractivity contribution in [1.82, 2.24) is 15.5 Å². The average molecular weight is 390 g/mol. The van der Waals surface area contributed by atoms with Crippen molar-refractivity contribution in [3.63, 3.8) is 0 Å². The van der Waals surface area contributed by atoms with Crippen LogP contribution in [-0.2, 0) is 9.59 Å². The molecule has 152 valence electrons. The third-order valence-corrected chi connectivity index (χ3v) is 4.93. The summed E-state index contributed by atoms with van der Waals surface area (Å²) in [6.45, 7) is 2.99. The molecule has 1 aromatic rings. The van der Waals surface area contributed by atoms with E-state index in [-0.39, 0.29) is 37.0 Å². The first-order valence-electron chi connectivity index (χ1n) is 9.49. The van der Waals surface area contributed by atoms with E-state index < -0.39 is 0 Å². The first-order chi connectivity index (χ1) is 13.5. The number of ether oxygens (including phenoxy) is 2. The molecule has 0 bridgehead atoms. The first kappa shape index (κ1) is 19.9. The number of piperidine rings is 1. The summed E-state index contributed by atoms with van der Waals surface area (Å²) in [6.07, 6.45) is 2.59. The van der Waals surface area contributed by atoms with E-state index in [1.54, 1.807) is 18.2 Å². The highest BCUT2D eigenvalue weighted by atomic mass is 16.7. The molecule has 0 aromatic heterocycles. The van der Waals surface area contributed by atoms with Gasteiger partial charge in [-0.3, -0.25) is 14.4 Å². The molecule has 0 spiro atoms. The van der Waals surface area contributed by atoms with Gasteiger partial charge in [-0.05, 0) is 50.6 Å². The summed E-state index contributed by atoms with van der Waals surface area (Å²) in [5.41, 5.74) is 5.79. The van der Waals surface area contributed by atoms with Crippen molar-refractivity contribution in [1.29, 1.82) is 0 Å². The van der Waals surface area contributed by atoms with Gasteiger partial charge in [0, 0.05) is 18.7 Å².